The van der Waals surface area contributed by atoms with Gasteiger partial charge in [-0.2, -0.15) is 0 Å². The van der Waals surface area contributed by atoms with Crippen LogP contribution in [0.25, 0.3) is 0 Å². The van der Waals surface area contributed by atoms with Gasteiger partial charge in [0.15, 0.2) is 0 Å². The molecule has 1 fully saturated rings. The Kier molecular flexibility index (Phi) is 1.69. The van der Waals surface area contributed by atoms with Gasteiger partial charge in [-0.25, -0.2) is 0 Å². The van der Waals surface area contributed by atoms with Crippen LogP contribution in [-0.2, 0) is 4.79 Å². The molecular weight excluding hydrogens is 232 g/mol. The van der Waals surface area contributed by atoms with Crippen LogP contribution in [0.1, 0.15) is 26.7 Å². The second kappa shape index (κ2) is 2.38. The van der Waals surface area contributed by atoms with Gasteiger partial charge in [-0.1, -0.05) is 28.9 Å². The normalized spacial score (nSPS) is 47.9. The highest BCUT2D eigenvalue weighted by atomic mass is 79.9. The van der Waals surface area contributed by atoms with Crippen LogP contribution in [0.5, 0.6) is 0 Å². The zero-order chi connectivity index (χ0) is 9.85. The van der Waals surface area contributed by atoms with Crippen molar-refractivity contribution >= 4 is 21.9 Å². The van der Waals surface area contributed by atoms with Crippen LogP contribution in [0.3, 0.4) is 0 Å². The SMILES string of the molecule is C[C@@]1(C(=O)O)CC[C@H]2C(Br)=C[C@@]21C. The van der Waals surface area contributed by atoms with Gasteiger partial charge in [0.25, 0.3) is 0 Å². The Morgan fingerprint density at radius 2 is 2.31 bits per heavy atom. The quantitative estimate of drug-likeness (QED) is 0.771. The number of aliphatic carboxylic acids is 1. The first-order valence-corrected chi connectivity index (χ1v) is 5.33. The zero-order valence-electron chi connectivity index (χ0n) is 7.80. The van der Waals surface area contributed by atoms with Crippen molar-refractivity contribution in [2.75, 3.05) is 0 Å². The van der Waals surface area contributed by atoms with Gasteiger partial charge < -0.3 is 5.11 Å². The van der Waals surface area contributed by atoms with Gasteiger partial charge in [-0.3, -0.25) is 4.79 Å². The monoisotopic (exact) mass is 244 g/mol. The van der Waals surface area contributed by atoms with Gasteiger partial charge in [-0.15, -0.1) is 0 Å². The summed E-state index contributed by atoms with van der Waals surface area (Å²) in [5.74, 6) is -0.220. The molecule has 0 unspecified atom stereocenters. The van der Waals surface area contributed by atoms with E-state index in [2.05, 4.69) is 28.9 Å². The molecule has 0 heterocycles. The highest BCUT2D eigenvalue weighted by Crippen LogP contribution is 2.66. The maximum absolute atomic E-state index is 11.2. The standard InChI is InChI=1S/C10H13BrO2/c1-9(8(12)13)4-3-6-7(11)5-10(6,9)2/h5-6H,3-4H2,1-2H3,(H,12,13)/t6-,9-,10-/m0/s1. The molecular formula is C10H13BrO2. The van der Waals surface area contributed by atoms with Crippen molar-refractivity contribution in [2.24, 2.45) is 16.7 Å². The molecule has 0 radical (unpaired) electrons. The Balaban J connectivity index is 2.42. The summed E-state index contributed by atoms with van der Waals surface area (Å²) >= 11 is 3.47. The number of allylic oxidation sites excluding steroid dienone is 2. The van der Waals surface area contributed by atoms with E-state index in [1.54, 1.807) is 0 Å². The third kappa shape index (κ3) is 0.862. The number of halogens is 1. The molecule has 0 saturated heterocycles. The predicted molar refractivity (Wildman–Crippen MR) is 53.6 cm³/mol. The molecule has 0 aromatic rings. The molecule has 1 saturated carbocycles. The first-order valence-electron chi connectivity index (χ1n) is 4.53. The maximum Gasteiger partial charge on any atom is 0.310 e. The first-order chi connectivity index (χ1) is 5.92. The van der Waals surface area contributed by atoms with Crippen LogP contribution in [0, 0.1) is 16.7 Å². The average Bonchev–Trinajstić information content (AvgIpc) is 2.22. The van der Waals surface area contributed by atoms with E-state index in [4.69, 9.17) is 0 Å². The van der Waals surface area contributed by atoms with Crippen molar-refractivity contribution in [3.63, 3.8) is 0 Å². The fraction of sp³-hybridized carbons (Fsp3) is 0.700. The summed E-state index contributed by atoms with van der Waals surface area (Å²) in [6, 6.07) is 0. The fourth-order valence-corrected chi connectivity index (χ4v) is 3.88. The van der Waals surface area contributed by atoms with Crippen molar-refractivity contribution in [1.82, 2.24) is 0 Å². The molecule has 2 aliphatic carbocycles. The smallest absolute Gasteiger partial charge is 0.310 e. The van der Waals surface area contributed by atoms with Crippen LogP contribution in [0.4, 0.5) is 0 Å². The number of carbonyl (C=O) groups is 1. The fourth-order valence-electron chi connectivity index (χ4n) is 2.70. The first kappa shape index (κ1) is 9.25. The Morgan fingerprint density at radius 1 is 1.69 bits per heavy atom. The van der Waals surface area contributed by atoms with Gasteiger partial charge in [0, 0.05) is 11.3 Å². The number of rotatable bonds is 1. The lowest BCUT2D eigenvalue weighted by Gasteiger charge is -2.46. The van der Waals surface area contributed by atoms with E-state index < -0.39 is 11.4 Å². The van der Waals surface area contributed by atoms with Crippen molar-refractivity contribution in [3.05, 3.63) is 10.6 Å². The van der Waals surface area contributed by atoms with Crippen LogP contribution in [0.15, 0.2) is 10.6 Å². The summed E-state index contributed by atoms with van der Waals surface area (Å²) in [7, 11) is 0. The molecule has 0 spiro atoms. The molecule has 1 N–H and O–H groups in total. The predicted octanol–water partition coefficient (Wildman–Crippen LogP) is 2.79. The number of carboxylic acids is 1. The molecule has 0 aromatic heterocycles. The lowest BCUT2D eigenvalue weighted by atomic mass is 9.59. The van der Waals surface area contributed by atoms with E-state index in [1.165, 1.54) is 4.48 Å². The average molecular weight is 245 g/mol. The minimum atomic E-state index is -0.659. The molecule has 13 heavy (non-hydrogen) atoms. The molecule has 72 valence electrons. The number of carboxylic acid groups (broad SMARTS) is 1. The van der Waals surface area contributed by atoms with Crippen LogP contribution >= 0.6 is 15.9 Å². The number of fused-ring (bicyclic) bond motifs is 1. The number of hydrogen-bond donors (Lipinski definition) is 1. The second-order valence-electron chi connectivity index (χ2n) is 4.54. The second-order valence-corrected chi connectivity index (χ2v) is 5.46. The lowest BCUT2D eigenvalue weighted by molar-refractivity contribution is -0.153. The summed E-state index contributed by atoms with van der Waals surface area (Å²) in [6.45, 7) is 3.93. The van der Waals surface area contributed by atoms with Gasteiger partial charge in [0.05, 0.1) is 5.41 Å². The Bertz CT molecular complexity index is 310. The molecule has 0 amide bonds. The third-order valence-electron chi connectivity index (χ3n) is 4.09. The molecule has 2 aliphatic rings. The van der Waals surface area contributed by atoms with E-state index in [9.17, 15) is 9.90 Å². The Morgan fingerprint density at radius 3 is 2.69 bits per heavy atom. The van der Waals surface area contributed by atoms with Gasteiger partial charge in [0.2, 0.25) is 0 Å². The maximum atomic E-state index is 11.2. The topological polar surface area (TPSA) is 37.3 Å². The minimum absolute atomic E-state index is 0.127. The Labute approximate surface area is 86.1 Å². The molecule has 2 rings (SSSR count). The largest absolute Gasteiger partial charge is 0.481 e. The summed E-state index contributed by atoms with van der Waals surface area (Å²) in [5.41, 5.74) is -0.688. The van der Waals surface area contributed by atoms with Gasteiger partial charge in [-0.05, 0) is 24.2 Å². The molecule has 0 aliphatic heterocycles. The summed E-state index contributed by atoms with van der Waals surface area (Å²) in [5, 5.41) is 9.20. The summed E-state index contributed by atoms with van der Waals surface area (Å²) < 4.78 is 1.19. The van der Waals surface area contributed by atoms with E-state index in [-0.39, 0.29) is 5.41 Å². The third-order valence-corrected chi connectivity index (χ3v) is 4.87. The van der Waals surface area contributed by atoms with E-state index in [0.717, 1.165) is 12.8 Å². The van der Waals surface area contributed by atoms with Crippen LogP contribution < -0.4 is 0 Å². The van der Waals surface area contributed by atoms with Crippen molar-refractivity contribution in [3.8, 4) is 0 Å². The minimum Gasteiger partial charge on any atom is -0.481 e. The summed E-state index contributed by atoms with van der Waals surface area (Å²) in [6.07, 6.45) is 3.85. The zero-order valence-corrected chi connectivity index (χ0v) is 9.39. The molecule has 0 aromatic carbocycles. The molecule has 0 bridgehead atoms. The van der Waals surface area contributed by atoms with E-state index in [0.29, 0.717) is 5.92 Å². The van der Waals surface area contributed by atoms with Gasteiger partial charge in [0.1, 0.15) is 0 Å². The van der Waals surface area contributed by atoms with E-state index in [1.807, 2.05) is 6.92 Å². The van der Waals surface area contributed by atoms with Crippen LogP contribution in [-0.4, -0.2) is 11.1 Å². The molecule has 2 nitrogen and oxygen atoms in total. The summed E-state index contributed by atoms with van der Waals surface area (Å²) in [4.78, 5) is 11.2. The van der Waals surface area contributed by atoms with Crippen LogP contribution in [0.2, 0.25) is 0 Å². The highest BCUT2D eigenvalue weighted by Gasteiger charge is 2.62. The van der Waals surface area contributed by atoms with E-state index >= 15 is 0 Å². The number of hydrogen-bond acceptors (Lipinski definition) is 1. The van der Waals surface area contributed by atoms with Crippen molar-refractivity contribution < 1.29 is 9.90 Å². The highest BCUT2D eigenvalue weighted by molar-refractivity contribution is 9.11. The lowest BCUT2D eigenvalue weighted by Crippen LogP contribution is -2.45. The van der Waals surface area contributed by atoms with Crippen molar-refractivity contribution in [1.29, 1.82) is 0 Å². The van der Waals surface area contributed by atoms with Gasteiger partial charge >= 0.3 is 5.97 Å². The molecule has 3 atom stereocenters. The Hall–Kier alpha value is -0.310. The van der Waals surface area contributed by atoms with Crippen molar-refractivity contribution in [2.45, 2.75) is 26.7 Å². The molecule has 3 heteroatoms.